The number of nitrogens with one attached hydrogen (secondary N) is 1. The zero-order valence-corrected chi connectivity index (χ0v) is 16.7. The van der Waals surface area contributed by atoms with E-state index in [1.165, 1.54) is 16.7 Å². The Hall–Kier alpha value is -1.84. The molecule has 1 aromatic rings. The van der Waals surface area contributed by atoms with E-state index in [4.69, 9.17) is 4.74 Å². The van der Waals surface area contributed by atoms with Crippen LogP contribution in [0.3, 0.4) is 0 Å². The minimum absolute atomic E-state index is 0.127. The van der Waals surface area contributed by atoms with Gasteiger partial charge >= 0.3 is 5.97 Å². The van der Waals surface area contributed by atoms with Crippen molar-refractivity contribution in [3.8, 4) is 0 Å². The molecule has 0 saturated heterocycles. The molecule has 0 spiro atoms. The number of carbonyl (C=O) groups excluding carboxylic acids is 2. The highest BCUT2D eigenvalue weighted by molar-refractivity contribution is 5.75. The van der Waals surface area contributed by atoms with Gasteiger partial charge in [-0.2, -0.15) is 0 Å². The molecule has 146 valence electrons. The van der Waals surface area contributed by atoms with Gasteiger partial charge in [0.05, 0.1) is 6.61 Å². The van der Waals surface area contributed by atoms with Crippen molar-refractivity contribution in [2.75, 3.05) is 13.2 Å². The monoisotopic (exact) mass is 361 g/mol. The van der Waals surface area contributed by atoms with Gasteiger partial charge in [0, 0.05) is 19.4 Å². The fraction of sp³-hybridized carbons (Fsp3) is 0.636. The Balaban J connectivity index is 2.19. The lowest BCUT2D eigenvalue weighted by Crippen LogP contribution is -2.24. The highest BCUT2D eigenvalue weighted by Gasteiger charge is 2.08. The predicted octanol–water partition coefficient (Wildman–Crippen LogP) is 4.37. The summed E-state index contributed by atoms with van der Waals surface area (Å²) in [6.07, 6.45) is 7.65. The summed E-state index contributed by atoms with van der Waals surface area (Å²) in [7, 11) is 0. The van der Waals surface area contributed by atoms with E-state index in [0.717, 1.165) is 44.9 Å². The van der Waals surface area contributed by atoms with Gasteiger partial charge in [-0.25, -0.2) is 0 Å². The van der Waals surface area contributed by atoms with Crippen LogP contribution in [0.2, 0.25) is 0 Å². The molecule has 0 radical (unpaired) electrons. The smallest absolute Gasteiger partial charge is 0.305 e. The highest BCUT2D eigenvalue weighted by Crippen LogP contribution is 2.19. The summed E-state index contributed by atoms with van der Waals surface area (Å²) in [6, 6.07) is 6.53. The number of unbranched alkanes of at least 4 members (excludes halogenated alkanes) is 2. The van der Waals surface area contributed by atoms with Crippen LogP contribution in [-0.2, 0) is 33.6 Å². The molecule has 0 atom stereocenters. The van der Waals surface area contributed by atoms with Crippen LogP contribution in [0.15, 0.2) is 18.2 Å². The van der Waals surface area contributed by atoms with Gasteiger partial charge in [0.1, 0.15) is 0 Å². The minimum Gasteiger partial charge on any atom is -0.466 e. The third-order valence-electron chi connectivity index (χ3n) is 4.65. The lowest BCUT2D eigenvalue weighted by atomic mass is 9.93. The molecule has 0 bridgehead atoms. The molecule has 4 heteroatoms. The number of aryl methyl sites for hydroxylation is 2. The standard InChI is InChI=1S/C22H35NO3/c1-4-18-12-10-13-19(5-2)20(18)14-11-15-21(24)23-17-9-7-8-16-22(25)26-6-3/h10,12-13H,4-9,11,14-17H2,1-3H3,(H,23,24). The molecule has 26 heavy (non-hydrogen) atoms. The van der Waals surface area contributed by atoms with Crippen molar-refractivity contribution in [2.45, 2.75) is 78.6 Å². The van der Waals surface area contributed by atoms with Crippen molar-refractivity contribution in [2.24, 2.45) is 0 Å². The van der Waals surface area contributed by atoms with Crippen molar-refractivity contribution in [3.05, 3.63) is 34.9 Å². The van der Waals surface area contributed by atoms with Crippen LogP contribution in [0.1, 0.15) is 76.0 Å². The first-order valence-electron chi connectivity index (χ1n) is 10.1. The molecule has 0 unspecified atom stereocenters. The first-order chi connectivity index (χ1) is 12.6. The summed E-state index contributed by atoms with van der Waals surface area (Å²) < 4.78 is 4.89. The molecule has 1 N–H and O–H groups in total. The minimum atomic E-state index is -0.129. The first kappa shape index (κ1) is 22.2. The lowest BCUT2D eigenvalue weighted by molar-refractivity contribution is -0.143. The molecular formula is C22H35NO3. The second-order valence-electron chi connectivity index (χ2n) is 6.58. The maximum atomic E-state index is 12.0. The Labute approximate surface area is 158 Å². The number of carbonyl (C=O) groups is 2. The van der Waals surface area contributed by atoms with Crippen LogP contribution in [0.25, 0.3) is 0 Å². The van der Waals surface area contributed by atoms with E-state index in [2.05, 4.69) is 37.4 Å². The van der Waals surface area contributed by atoms with E-state index in [1.807, 2.05) is 6.92 Å². The van der Waals surface area contributed by atoms with Crippen LogP contribution in [0.5, 0.6) is 0 Å². The van der Waals surface area contributed by atoms with Crippen LogP contribution >= 0.6 is 0 Å². The summed E-state index contributed by atoms with van der Waals surface area (Å²) in [5, 5.41) is 2.98. The molecule has 0 fully saturated rings. The molecule has 1 amide bonds. The van der Waals surface area contributed by atoms with Crippen molar-refractivity contribution in [1.82, 2.24) is 5.32 Å². The van der Waals surface area contributed by atoms with E-state index < -0.39 is 0 Å². The van der Waals surface area contributed by atoms with Crippen LogP contribution in [0.4, 0.5) is 0 Å². The van der Waals surface area contributed by atoms with Crippen LogP contribution < -0.4 is 5.32 Å². The van der Waals surface area contributed by atoms with E-state index in [9.17, 15) is 9.59 Å². The molecule has 1 aromatic carbocycles. The van der Waals surface area contributed by atoms with Gasteiger partial charge in [-0.1, -0.05) is 38.5 Å². The molecule has 0 aliphatic heterocycles. The maximum Gasteiger partial charge on any atom is 0.305 e. The summed E-state index contributed by atoms with van der Waals surface area (Å²) in [4.78, 5) is 23.2. The van der Waals surface area contributed by atoms with Gasteiger partial charge in [-0.15, -0.1) is 0 Å². The maximum absolute atomic E-state index is 12.0. The van der Waals surface area contributed by atoms with Gasteiger partial charge in [0.25, 0.3) is 0 Å². The number of hydrogen-bond donors (Lipinski definition) is 1. The van der Waals surface area contributed by atoms with Crippen molar-refractivity contribution in [1.29, 1.82) is 0 Å². The number of esters is 1. The third kappa shape index (κ3) is 8.50. The van der Waals surface area contributed by atoms with Gasteiger partial charge < -0.3 is 10.1 Å². The Morgan fingerprint density at radius 2 is 1.62 bits per heavy atom. The Morgan fingerprint density at radius 3 is 2.23 bits per heavy atom. The van der Waals surface area contributed by atoms with Gasteiger partial charge in [-0.05, 0) is 62.1 Å². The Bertz CT molecular complexity index is 532. The molecule has 0 aliphatic rings. The molecular weight excluding hydrogens is 326 g/mol. The van der Waals surface area contributed by atoms with Crippen LogP contribution in [-0.4, -0.2) is 25.0 Å². The molecule has 0 heterocycles. The third-order valence-corrected chi connectivity index (χ3v) is 4.65. The van der Waals surface area contributed by atoms with E-state index in [1.54, 1.807) is 0 Å². The van der Waals surface area contributed by atoms with E-state index in [-0.39, 0.29) is 11.9 Å². The molecule has 0 saturated carbocycles. The normalized spacial score (nSPS) is 10.6. The van der Waals surface area contributed by atoms with Crippen molar-refractivity contribution >= 4 is 11.9 Å². The first-order valence-corrected chi connectivity index (χ1v) is 10.1. The van der Waals surface area contributed by atoms with Crippen LogP contribution in [0, 0.1) is 0 Å². The van der Waals surface area contributed by atoms with Gasteiger partial charge in [0.2, 0.25) is 5.91 Å². The van der Waals surface area contributed by atoms with E-state index >= 15 is 0 Å². The summed E-state index contributed by atoms with van der Waals surface area (Å²) in [6.45, 7) is 7.32. The molecule has 0 aromatic heterocycles. The quantitative estimate of drug-likeness (QED) is 0.419. The fourth-order valence-corrected chi connectivity index (χ4v) is 3.22. The fourth-order valence-electron chi connectivity index (χ4n) is 3.22. The lowest BCUT2D eigenvalue weighted by Gasteiger charge is -2.13. The van der Waals surface area contributed by atoms with E-state index in [0.29, 0.717) is 26.0 Å². The number of amides is 1. The zero-order chi connectivity index (χ0) is 19.2. The van der Waals surface area contributed by atoms with Gasteiger partial charge in [-0.3, -0.25) is 9.59 Å². The average Bonchev–Trinajstić information content (AvgIpc) is 2.64. The summed E-state index contributed by atoms with van der Waals surface area (Å²) >= 11 is 0. The van der Waals surface area contributed by atoms with Gasteiger partial charge in [0.15, 0.2) is 0 Å². The molecule has 0 aliphatic carbocycles. The number of rotatable bonds is 13. The van der Waals surface area contributed by atoms with Crippen molar-refractivity contribution < 1.29 is 14.3 Å². The molecule has 4 nitrogen and oxygen atoms in total. The van der Waals surface area contributed by atoms with Crippen molar-refractivity contribution in [3.63, 3.8) is 0 Å². The summed E-state index contributed by atoms with van der Waals surface area (Å²) in [5.41, 5.74) is 4.25. The number of ether oxygens (including phenoxy) is 1. The summed E-state index contributed by atoms with van der Waals surface area (Å²) in [5.74, 6) is -0.00207. The number of hydrogen-bond acceptors (Lipinski definition) is 3. The zero-order valence-electron chi connectivity index (χ0n) is 16.7. The number of benzene rings is 1. The second kappa shape index (κ2) is 13.4. The predicted molar refractivity (Wildman–Crippen MR) is 106 cm³/mol. The largest absolute Gasteiger partial charge is 0.466 e. The second-order valence-corrected chi connectivity index (χ2v) is 6.58. The Morgan fingerprint density at radius 1 is 0.923 bits per heavy atom. The molecule has 1 rings (SSSR count). The average molecular weight is 362 g/mol. The highest BCUT2D eigenvalue weighted by atomic mass is 16.5. The topological polar surface area (TPSA) is 55.4 Å². The Kier molecular flexibility index (Phi) is 11.4. The SMILES string of the molecule is CCOC(=O)CCCCCNC(=O)CCCc1c(CC)cccc1CC.